The van der Waals surface area contributed by atoms with Crippen molar-refractivity contribution in [2.75, 3.05) is 0 Å². The zero-order valence-electron chi connectivity index (χ0n) is 10.5. The Morgan fingerprint density at radius 2 is 2.00 bits per heavy atom. The number of primary amides is 1. The van der Waals surface area contributed by atoms with E-state index in [0.29, 0.717) is 5.56 Å². The molecule has 0 spiro atoms. The molecule has 5 nitrogen and oxygen atoms in total. The largest absolute Gasteiger partial charge is 0.364 e. The topological polar surface area (TPSA) is 76.3 Å². The van der Waals surface area contributed by atoms with Gasteiger partial charge >= 0.3 is 0 Å². The van der Waals surface area contributed by atoms with Gasteiger partial charge in [0.1, 0.15) is 5.69 Å². The number of nitrogens with two attached hydrogens (primary N) is 1. The zero-order chi connectivity index (χ0) is 13.3. The molecule has 1 aliphatic heterocycles. The first kappa shape index (κ1) is 12.5. The molecule has 1 aliphatic rings. The number of aromatic nitrogens is 1. The van der Waals surface area contributed by atoms with E-state index in [1.807, 2.05) is 18.7 Å². The first-order valence-electron chi connectivity index (χ1n) is 6.01. The van der Waals surface area contributed by atoms with E-state index in [0.717, 1.165) is 12.8 Å². The van der Waals surface area contributed by atoms with E-state index in [1.165, 1.54) is 6.20 Å². The van der Waals surface area contributed by atoms with Crippen LogP contribution in [0, 0.1) is 6.07 Å². The molecule has 18 heavy (non-hydrogen) atoms. The summed E-state index contributed by atoms with van der Waals surface area (Å²) in [5.41, 5.74) is 5.48. The predicted octanol–water partition coefficient (Wildman–Crippen LogP) is 0.994. The van der Waals surface area contributed by atoms with Gasteiger partial charge < -0.3 is 10.6 Å². The summed E-state index contributed by atoms with van der Waals surface area (Å²) in [4.78, 5) is 29.0. The van der Waals surface area contributed by atoms with Gasteiger partial charge in [-0.05, 0) is 32.8 Å². The second-order valence-electron chi connectivity index (χ2n) is 4.68. The second kappa shape index (κ2) is 4.76. The van der Waals surface area contributed by atoms with E-state index >= 15 is 0 Å². The van der Waals surface area contributed by atoms with Crippen LogP contribution in [0.4, 0.5) is 0 Å². The first-order valence-corrected chi connectivity index (χ1v) is 6.01. The number of carbonyl (C=O) groups excluding carboxylic acids is 2. The Morgan fingerprint density at radius 3 is 2.56 bits per heavy atom. The van der Waals surface area contributed by atoms with Gasteiger partial charge in [0.15, 0.2) is 0 Å². The summed E-state index contributed by atoms with van der Waals surface area (Å²) in [5.74, 6) is -0.787. The van der Waals surface area contributed by atoms with Gasteiger partial charge in [-0.15, -0.1) is 0 Å². The first-order chi connectivity index (χ1) is 8.50. The molecule has 2 heterocycles. The Labute approximate surface area is 106 Å². The van der Waals surface area contributed by atoms with Crippen LogP contribution in [-0.4, -0.2) is 33.8 Å². The maximum absolute atomic E-state index is 12.4. The van der Waals surface area contributed by atoms with Crippen LogP contribution < -0.4 is 5.73 Å². The van der Waals surface area contributed by atoms with Gasteiger partial charge in [-0.2, -0.15) is 0 Å². The molecule has 2 atom stereocenters. The summed E-state index contributed by atoms with van der Waals surface area (Å²) in [5, 5.41) is 0. The highest BCUT2D eigenvalue weighted by molar-refractivity contribution is 5.97. The van der Waals surface area contributed by atoms with Crippen molar-refractivity contribution in [3.63, 3.8) is 0 Å². The molecule has 0 saturated carbocycles. The molecule has 2 N–H and O–H groups in total. The average molecular weight is 246 g/mol. The van der Waals surface area contributed by atoms with Crippen molar-refractivity contribution in [2.45, 2.75) is 38.8 Å². The van der Waals surface area contributed by atoms with E-state index in [1.54, 1.807) is 6.07 Å². The molecule has 1 saturated heterocycles. The number of hydrogen-bond donors (Lipinski definition) is 1. The van der Waals surface area contributed by atoms with Crippen molar-refractivity contribution in [3.05, 3.63) is 29.6 Å². The number of pyridine rings is 1. The van der Waals surface area contributed by atoms with Gasteiger partial charge in [-0.1, -0.05) is 0 Å². The fraction of sp³-hybridized carbons (Fsp3) is 0.462. The molecule has 1 aromatic rings. The smallest absolute Gasteiger partial charge is 0.267 e. The molecule has 0 aliphatic carbocycles. The van der Waals surface area contributed by atoms with Crippen LogP contribution in [0.1, 0.15) is 47.5 Å². The number of likely N-dealkylation sites (tertiary alicyclic amines) is 1. The number of carbonyl (C=O) groups is 2. The molecule has 2 rings (SSSR count). The molecule has 95 valence electrons. The molecule has 1 radical (unpaired) electrons. The summed E-state index contributed by atoms with van der Waals surface area (Å²) in [6.07, 6.45) is 3.41. The summed E-state index contributed by atoms with van der Waals surface area (Å²) in [7, 11) is 0. The molecule has 0 bridgehead atoms. The molecule has 1 aromatic heterocycles. The molecule has 1 fully saturated rings. The third kappa shape index (κ3) is 2.20. The highest BCUT2D eigenvalue weighted by atomic mass is 16.2. The number of rotatable bonds is 2. The van der Waals surface area contributed by atoms with Crippen molar-refractivity contribution < 1.29 is 9.59 Å². The Morgan fingerprint density at radius 1 is 1.39 bits per heavy atom. The molecule has 2 amide bonds. The highest BCUT2D eigenvalue weighted by Gasteiger charge is 2.32. The fourth-order valence-electron chi connectivity index (χ4n) is 2.37. The van der Waals surface area contributed by atoms with Crippen molar-refractivity contribution in [2.24, 2.45) is 5.73 Å². The Bertz CT molecular complexity index is 477. The molecule has 2 unspecified atom stereocenters. The minimum atomic E-state index is -0.674. The standard InChI is InChI=1S/C13H16N3O2/c1-8-3-4-9(2)16(8)13(18)10-5-6-15-11(7-10)12(14)17/h5-6,8-9H,3-4H2,1-2H3,(H2,14,17). The van der Waals surface area contributed by atoms with Crippen molar-refractivity contribution in [3.8, 4) is 0 Å². The van der Waals surface area contributed by atoms with E-state index in [9.17, 15) is 9.59 Å². The zero-order valence-corrected chi connectivity index (χ0v) is 10.5. The third-order valence-electron chi connectivity index (χ3n) is 3.35. The third-order valence-corrected chi connectivity index (χ3v) is 3.35. The van der Waals surface area contributed by atoms with Crippen molar-refractivity contribution in [1.29, 1.82) is 0 Å². The molecular weight excluding hydrogens is 230 g/mol. The Kier molecular flexibility index (Phi) is 3.32. The molecule has 5 heteroatoms. The summed E-state index contributed by atoms with van der Waals surface area (Å²) < 4.78 is 0. The predicted molar refractivity (Wildman–Crippen MR) is 65.9 cm³/mol. The lowest BCUT2D eigenvalue weighted by Gasteiger charge is -2.26. The maximum atomic E-state index is 12.4. The lowest BCUT2D eigenvalue weighted by atomic mass is 10.1. The maximum Gasteiger partial charge on any atom is 0.267 e. The van der Waals surface area contributed by atoms with E-state index in [-0.39, 0.29) is 23.7 Å². The van der Waals surface area contributed by atoms with Crippen LogP contribution in [0.15, 0.2) is 12.3 Å². The van der Waals surface area contributed by atoms with E-state index < -0.39 is 5.91 Å². The van der Waals surface area contributed by atoms with Gasteiger partial charge in [-0.25, -0.2) is 0 Å². The monoisotopic (exact) mass is 246 g/mol. The summed E-state index contributed by atoms with van der Waals surface area (Å²) >= 11 is 0. The van der Waals surface area contributed by atoms with Crippen molar-refractivity contribution in [1.82, 2.24) is 9.88 Å². The quantitative estimate of drug-likeness (QED) is 0.845. The van der Waals surface area contributed by atoms with Crippen LogP contribution >= 0.6 is 0 Å². The normalized spacial score (nSPS) is 23.1. The average Bonchev–Trinajstić information content (AvgIpc) is 2.68. The number of hydrogen-bond acceptors (Lipinski definition) is 3. The SMILES string of the molecule is CC1CCC(C)N1C(=O)c1[c]c(C(N)=O)ncc1. The van der Waals surface area contributed by atoms with Crippen LogP contribution in [-0.2, 0) is 0 Å². The Hall–Kier alpha value is -1.91. The van der Waals surface area contributed by atoms with E-state index in [4.69, 9.17) is 5.73 Å². The van der Waals surface area contributed by atoms with Crippen LogP contribution in [0.5, 0.6) is 0 Å². The minimum Gasteiger partial charge on any atom is -0.364 e. The van der Waals surface area contributed by atoms with Gasteiger partial charge in [0.25, 0.3) is 11.8 Å². The molecule has 0 aromatic carbocycles. The number of amides is 2. The lowest BCUT2D eigenvalue weighted by molar-refractivity contribution is 0.0692. The van der Waals surface area contributed by atoms with Gasteiger partial charge in [0, 0.05) is 24.3 Å². The highest BCUT2D eigenvalue weighted by Crippen LogP contribution is 2.25. The van der Waals surface area contributed by atoms with E-state index in [2.05, 4.69) is 11.1 Å². The van der Waals surface area contributed by atoms with Crippen LogP contribution in [0.25, 0.3) is 0 Å². The van der Waals surface area contributed by atoms with Gasteiger partial charge in [-0.3, -0.25) is 14.6 Å². The fourth-order valence-corrected chi connectivity index (χ4v) is 2.37. The van der Waals surface area contributed by atoms with Gasteiger partial charge in [0.05, 0.1) is 5.56 Å². The van der Waals surface area contributed by atoms with Crippen LogP contribution in [0.2, 0.25) is 0 Å². The number of nitrogens with zero attached hydrogens (tertiary/aromatic N) is 2. The minimum absolute atomic E-state index is 0.000327. The van der Waals surface area contributed by atoms with Crippen LogP contribution in [0.3, 0.4) is 0 Å². The Balaban J connectivity index is 2.28. The summed E-state index contributed by atoms with van der Waals surface area (Å²) in [6, 6.07) is 4.67. The van der Waals surface area contributed by atoms with Gasteiger partial charge in [0.2, 0.25) is 0 Å². The lowest BCUT2D eigenvalue weighted by Crippen LogP contribution is -2.38. The summed E-state index contributed by atoms with van der Waals surface area (Å²) in [6.45, 7) is 4.05. The second-order valence-corrected chi connectivity index (χ2v) is 4.68. The van der Waals surface area contributed by atoms with Crippen molar-refractivity contribution >= 4 is 11.8 Å². The molecular formula is C13H16N3O2.